The molecule has 0 heterocycles. The Morgan fingerprint density at radius 3 is 2.50 bits per heavy atom. The molecule has 0 aromatic rings. The Balaban J connectivity index is 3.64. The molecule has 3 N–H and O–H groups in total. The van der Waals surface area contributed by atoms with E-state index in [1.54, 1.807) is 20.2 Å². The zero-order chi connectivity index (χ0) is 6.57. The van der Waals surface area contributed by atoms with Crippen molar-refractivity contribution in [2.24, 2.45) is 10.8 Å². The zero-order valence-corrected chi connectivity index (χ0v) is 5.05. The van der Waals surface area contributed by atoms with Crippen LogP contribution in [0, 0.1) is 5.41 Å². The van der Waals surface area contributed by atoms with Gasteiger partial charge < -0.3 is 5.73 Å². The Labute approximate surface area is 48.5 Å². The first-order valence-corrected chi connectivity index (χ1v) is 2.25. The average molecular weight is 114 g/mol. The third-order valence-electron chi connectivity index (χ3n) is 0.637. The molecule has 0 aliphatic rings. The lowest BCUT2D eigenvalue weighted by Gasteiger charge is -2.06. The lowest BCUT2D eigenvalue weighted by molar-refractivity contribution is 0.536. The lowest BCUT2D eigenvalue weighted by atomic mass is 10.9. The van der Waals surface area contributed by atoms with E-state index in [0.717, 1.165) is 0 Å². The van der Waals surface area contributed by atoms with Crippen LogP contribution in [0.25, 0.3) is 0 Å². The number of hydrogen-bond donors (Lipinski definition) is 2. The van der Waals surface area contributed by atoms with Crippen molar-refractivity contribution >= 4 is 12.2 Å². The maximum Gasteiger partial charge on any atom is 0.208 e. The van der Waals surface area contributed by atoms with Crippen molar-refractivity contribution in [3.63, 3.8) is 0 Å². The fourth-order valence-electron chi connectivity index (χ4n) is 0.235. The highest BCUT2D eigenvalue weighted by Crippen LogP contribution is 1.75. The van der Waals surface area contributed by atoms with Crippen LogP contribution in [-0.4, -0.2) is 24.2 Å². The molecule has 0 rings (SSSR count). The second-order valence-electron chi connectivity index (χ2n) is 1.28. The van der Waals surface area contributed by atoms with E-state index in [1.165, 1.54) is 5.01 Å². The minimum atomic E-state index is -0.0527. The van der Waals surface area contributed by atoms with Crippen LogP contribution in [0.3, 0.4) is 0 Å². The minimum absolute atomic E-state index is 0.0527. The number of hydrazone groups is 1. The largest absolute Gasteiger partial charge is 0.369 e. The topological polar surface area (TPSA) is 65.5 Å². The SMILES string of the molecule is C/C=N\N(C)C(=N)N. The molecule has 0 aliphatic heterocycles. The Hall–Kier alpha value is -1.06. The first kappa shape index (κ1) is 6.94. The number of rotatable bonds is 1. The van der Waals surface area contributed by atoms with Crippen molar-refractivity contribution in [1.82, 2.24) is 5.01 Å². The molecule has 0 radical (unpaired) electrons. The monoisotopic (exact) mass is 114 g/mol. The van der Waals surface area contributed by atoms with Gasteiger partial charge in [0.15, 0.2) is 0 Å². The van der Waals surface area contributed by atoms with Crippen LogP contribution in [0.5, 0.6) is 0 Å². The third kappa shape index (κ3) is 2.17. The van der Waals surface area contributed by atoms with Crippen LogP contribution in [0.4, 0.5) is 0 Å². The summed E-state index contributed by atoms with van der Waals surface area (Å²) in [7, 11) is 1.61. The summed E-state index contributed by atoms with van der Waals surface area (Å²) in [5.74, 6) is -0.0527. The van der Waals surface area contributed by atoms with Gasteiger partial charge in [-0.05, 0) is 6.92 Å². The molecule has 4 heteroatoms. The number of nitrogens with two attached hydrogens (primary N) is 1. The third-order valence-corrected chi connectivity index (χ3v) is 0.637. The van der Waals surface area contributed by atoms with E-state index in [1.807, 2.05) is 0 Å². The van der Waals surface area contributed by atoms with Gasteiger partial charge in [-0.2, -0.15) is 5.10 Å². The Bertz CT molecular complexity index is 107. The highest BCUT2D eigenvalue weighted by atomic mass is 15.5. The van der Waals surface area contributed by atoms with Crippen LogP contribution < -0.4 is 5.73 Å². The van der Waals surface area contributed by atoms with Gasteiger partial charge in [-0.3, -0.25) is 5.41 Å². The van der Waals surface area contributed by atoms with Gasteiger partial charge in [0.05, 0.1) is 0 Å². The van der Waals surface area contributed by atoms with Crippen LogP contribution in [0.15, 0.2) is 5.10 Å². The van der Waals surface area contributed by atoms with Gasteiger partial charge in [-0.1, -0.05) is 0 Å². The molecule has 0 aromatic heterocycles. The molecule has 0 bridgehead atoms. The van der Waals surface area contributed by atoms with Gasteiger partial charge in [-0.15, -0.1) is 0 Å². The van der Waals surface area contributed by atoms with Crippen LogP contribution in [-0.2, 0) is 0 Å². The predicted octanol–water partition coefficient (Wildman–Crippen LogP) is -0.183. The average Bonchev–Trinajstić information content (AvgIpc) is 1.67. The summed E-state index contributed by atoms with van der Waals surface area (Å²) < 4.78 is 0. The summed E-state index contributed by atoms with van der Waals surface area (Å²) >= 11 is 0. The molecule has 0 aromatic carbocycles. The van der Waals surface area contributed by atoms with E-state index in [-0.39, 0.29) is 5.96 Å². The molecule has 4 nitrogen and oxygen atoms in total. The maximum absolute atomic E-state index is 6.79. The molecule has 0 aliphatic carbocycles. The molecule has 8 heavy (non-hydrogen) atoms. The van der Waals surface area contributed by atoms with Crippen LogP contribution in [0.2, 0.25) is 0 Å². The smallest absolute Gasteiger partial charge is 0.208 e. The molecular weight excluding hydrogens is 104 g/mol. The van der Waals surface area contributed by atoms with E-state index in [4.69, 9.17) is 11.1 Å². The summed E-state index contributed by atoms with van der Waals surface area (Å²) in [5, 5.41) is 11.8. The molecule has 0 amide bonds. The van der Waals surface area contributed by atoms with Gasteiger partial charge in [0, 0.05) is 13.3 Å². The standard InChI is InChI=1S/C4H10N4/c1-3-7-8(2)4(5)6/h3H,1-2H3,(H3,5,6)/b7-3-. The Morgan fingerprint density at radius 2 is 2.38 bits per heavy atom. The van der Waals surface area contributed by atoms with Gasteiger partial charge in [0.25, 0.3) is 0 Å². The van der Waals surface area contributed by atoms with E-state index >= 15 is 0 Å². The van der Waals surface area contributed by atoms with Gasteiger partial charge in [0.1, 0.15) is 0 Å². The summed E-state index contributed by atoms with van der Waals surface area (Å²) in [6.45, 7) is 1.76. The van der Waals surface area contributed by atoms with E-state index in [0.29, 0.717) is 0 Å². The number of hydrogen-bond acceptors (Lipinski definition) is 2. The quantitative estimate of drug-likeness (QED) is 0.282. The second kappa shape index (κ2) is 3.01. The summed E-state index contributed by atoms with van der Waals surface area (Å²) in [6.07, 6.45) is 1.57. The second-order valence-corrected chi connectivity index (χ2v) is 1.28. The summed E-state index contributed by atoms with van der Waals surface area (Å²) in [6, 6.07) is 0. The highest BCUT2D eigenvalue weighted by Gasteiger charge is 1.89. The summed E-state index contributed by atoms with van der Waals surface area (Å²) in [5.41, 5.74) is 5.02. The van der Waals surface area contributed by atoms with Crippen molar-refractivity contribution in [2.45, 2.75) is 6.92 Å². The van der Waals surface area contributed by atoms with Gasteiger partial charge in [0.2, 0.25) is 5.96 Å². The molecular formula is C4H10N4. The summed E-state index contributed by atoms with van der Waals surface area (Å²) in [4.78, 5) is 0. The van der Waals surface area contributed by atoms with Crippen LogP contribution >= 0.6 is 0 Å². The number of guanidine groups is 1. The minimum Gasteiger partial charge on any atom is -0.369 e. The van der Waals surface area contributed by atoms with Crippen molar-refractivity contribution in [2.75, 3.05) is 7.05 Å². The van der Waals surface area contributed by atoms with Crippen molar-refractivity contribution < 1.29 is 0 Å². The first-order chi connectivity index (χ1) is 3.68. The van der Waals surface area contributed by atoms with Crippen molar-refractivity contribution in [3.8, 4) is 0 Å². The number of nitrogens with zero attached hydrogens (tertiary/aromatic N) is 2. The number of nitrogens with one attached hydrogen (secondary N) is 1. The maximum atomic E-state index is 6.79. The van der Waals surface area contributed by atoms with Crippen molar-refractivity contribution in [1.29, 1.82) is 5.41 Å². The molecule has 46 valence electrons. The molecule has 0 unspecified atom stereocenters. The van der Waals surface area contributed by atoms with Gasteiger partial charge >= 0.3 is 0 Å². The normalized spacial score (nSPS) is 9.75. The van der Waals surface area contributed by atoms with Crippen molar-refractivity contribution in [3.05, 3.63) is 0 Å². The molecule has 0 spiro atoms. The molecule has 0 fully saturated rings. The predicted molar refractivity (Wildman–Crippen MR) is 33.8 cm³/mol. The van der Waals surface area contributed by atoms with E-state index < -0.39 is 0 Å². The fourth-order valence-corrected chi connectivity index (χ4v) is 0.235. The molecule has 0 saturated heterocycles. The van der Waals surface area contributed by atoms with Crippen LogP contribution in [0.1, 0.15) is 6.92 Å². The first-order valence-electron chi connectivity index (χ1n) is 2.25. The highest BCUT2D eigenvalue weighted by molar-refractivity contribution is 5.74. The molecule has 0 saturated carbocycles. The van der Waals surface area contributed by atoms with E-state index in [2.05, 4.69) is 5.10 Å². The Morgan fingerprint density at radius 1 is 1.88 bits per heavy atom. The molecule has 0 atom stereocenters. The van der Waals surface area contributed by atoms with Gasteiger partial charge in [-0.25, -0.2) is 5.01 Å². The zero-order valence-electron chi connectivity index (χ0n) is 5.05. The fraction of sp³-hybridized carbons (Fsp3) is 0.500. The lowest BCUT2D eigenvalue weighted by Crippen LogP contribution is -2.28. The van der Waals surface area contributed by atoms with E-state index in [9.17, 15) is 0 Å². The Kier molecular flexibility index (Phi) is 2.61.